The summed E-state index contributed by atoms with van der Waals surface area (Å²) in [6, 6.07) is 15.0. The fraction of sp³-hybridized carbons (Fsp3) is 0.0714. The topological polar surface area (TPSA) is 59.8 Å². The number of nitrogens with zero attached hydrogens (tertiary/aromatic N) is 3. The van der Waals surface area contributed by atoms with Crippen LogP contribution < -0.4 is 5.32 Å². The average Bonchev–Trinajstić information content (AvgIpc) is 2.85. The van der Waals surface area contributed by atoms with Crippen molar-refractivity contribution in [2.24, 2.45) is 0 Å². The number of anilines is 1. The SMILES string of the molecule is O=C(Cn1nnc2ccccc21)Nc1ccc(Br)cc1. The molecule has 0 aliphatic heterocycles. The molecule has 0 spiro atoms. The molecule has 0 fully saturated rings. The second-order valence-electron chi connectivity index (χ2n) is 4.29. The third kappa shape index (κ3) is 2.70. The zero-order valence-electron chi connectivity index (χ0n) is 10.5. The Morgan fingerprint density at radius 3 is 2.70 bits per heavy atom. The number of aromatic nitrogens is 3. The molecule has 0 radical (unpaired) electrons. The highest BCUT2D eigenvalue weighted by atomic mass is 79.9. The molecule has 0 aliphatic rings. The van der Waals surface area contributed by atoms with Crippen LogP contribution in [0.5, 0.6) is 0 Å². The van der Waals surface area contributed by atoms with Crippen LogP contribution in [-0.4, -0.2) is 20.9 Å². The van der Waals surface area contributed by atoms with Gasteiger partial charge in [-0.25, -0.2) is 4.68 Å². The Bertz CT molecular complexity index is 751. The van der Waals surface area contributed by atoms with E-state index >= 15 is 0 Å². The van der Waals surface area contributed by atoms with E-state index in [1.165, 1.54) is 0 Å². The van der Waals surface area contributed by atoms with Crippen molar-refractivity contribution < 1.29 is 4.79 Å². The highest BCUT2D eigenvalue weighted by Gasteiger charge is 2.08. The van der Waals surface area contributed by atoms with Crippen LogP contribution in [0.4, 0.5) is 5.69 Å². The van der Waals surface area contributed by atoms with Crippen molar-refractivity contribution in [1.29, 1.82) is 0 Å². The number of hydrogen-bond acceptors (Lipinski definition) is 3. The van der Waals surface area contributed by atoms with E-state index in [2.05, 4.69) is 31.6 Å². The van der Waals surface area contributed by atoms with Gasteiger partial charge in [0, 0.05) is 10.2 Å². The molecule has 3 aromatic rings. The first-order valence-corrected chi connectivity index (χ1v) is 6.85. The van der Waals surface area contributed by atoms with Crippen molar-refractivity contribution in [2.45, 2.75) is 6.54 Å². The molecule has 1 N–H and O–H groups in total. The number of para-hydroxylation sites is 1. The normalized spacial score (nSPS) is 10.7. The fourth-order valence-corrected chi connectivity index (χ4v) is 2.17. The molecule has 3 rings (SSSR count). The predicted molar refractivity (Wildman–Crippen MR) is 80.3 cm³/mol. The van der Waals surface area contributed by atoms with Gasteiger partial charge in [0.2, 0.25) is 5.91 Å². The number of fused-ring (bicyclic) bond motifs is 1. The number of halogens is 1. The van der Waals surface area contributed by atoms with Crippen LogP contribution in [0.3, 0.4) is 0 Å². The number of carbonyl (C=O) groups is 1. The van der Waals surface area contributed by atoms with Crippen LogP contribution in [0.25, 0.3) is 11.0 Å². The molecule has 2 aromatic carbocycles. The van der Waals surface area contributed by atoms with Gasteiger partial charge in [-0.15, -0.1) is 5.10 Å². The largest absolute Gasteiger partial charge is 0.324 e. The molecule has 20 heavy (non-hydrogen) atoms. The van der Waals surface area contributed by atoms with Crippen molar-refractivity contribution in [3.05, 3.63) is 53.0 Å². The Hall–Kier alpha value is -2.21. The zero-order valence-corrected chi connectivity index (χ0v) is 12.0. The fourth-order valence-electron chi connectivity index (χ4n) is 1.90. The van der Waals surface area contributed by atoms with E-state index in [1.54, 1.807) is 4.68 Å². The minimum Gasteiger partial charge on any atom is -0.324 e. The standard InChI is InChI=1S/C14H11BrN4O/c15-10-5-7-11(8-6-10)16-14(20)9-19-13-4-2-1-3-12(13)17-18-19/h1-8H,9H2,(H,16,20). The smallest absolute Gasteiger partial charge is 0.246 e. The molecule has 1 heterocycles. The van der Waals surface area contributed by atoms with Crippen molar-refractivity contribution in [3.63, 3.8) is 0 Å². The molecule has 0 unspecified atom stereocenters. The summed E-state index contributed by atoms with van der Waals surface area (Å²) >= 11 is 3.35. The van der Waals surface area contributed by atoms with Crippen LogP contribution in [0.15, 0.2) is 53.0 Å². The van der Waals surface area contributed by atoms with Crippen molar-refractivity contribution in [3.8, 4) is 0 Å². The van der Waals surface area contributed by atoms with E-state index in [0.29, 0.717) is 0 Å². The van der Waals surface area contributed by atoms with Crippen LogP contribution in [0.1, 0.15) is 0 Å². The van der Waals surface area contributed by atoms with Gasteiger partial charge in [0.25, 0.3) is 0 Å². The minimum absolute atomic E-state index is 0.135. The second-order valence-corrected chi connectivity index (χ2v) is 5.21. The molecule has 0 saturated carbocycles. The number of carbonyl (C=O) groups excluding carboxylic acids is 1. The Balaban J connectivity index is 1.74. The zero-order chi connectivity index (χ0) is 13.9. The number of benzene rings is 2. The van der Waals surface area contributed by atoms with Crippen molar-refractivity contribution in [1.82, 2.24) is 15.0 Å². The number of amides is 1. The maximum absolute atomic E-state index is 12.0. The molecule has 100 valence electrons. The Morgan fingerprint density at radius 2 is 1.90 bits per heavy atom. The lowest BCUT2D eigenvalue weighted by atomic mass is 10.3. The van der Waals surface area contributed by atoms with E-state index in [9.17, 15) is 4.79 Å². The summed E-state index contributed by atoms with van der Waals surface area (Å²) in [6.45, 7) is 0.135. The van der Waals surface area contributed by atoms with E-state index in [-0.39, 0.29) is 12.5 Å². The Labute approximate surface area is 123 Å². The first kappa shape index (κ1) is 12.8. The lowest BCUT2D eigenvalue weighted by molar-refractivity contribution is -0.116. The van der Waals surface area contributed by atoms with Gasteiger partial charge in [-0.05, 0) is 36.4 Å². The average molecular weight is 331 g/mol. The molecule has 0 bridgehead atoms. The molecule has 1 amide bonds. The molecular weight excluding hydrogens is 320 g/mol. The highest BCUT2D eigenvalue weighted by Crippen LogP contribution is 2.14. The van der Waals surface area contributed by atoms with Crippen LogP contribution >= 0.6 is 15.9 Å². The minimum atomic E-state index is -0.136. The van der Waals surface area contributed by atoms with Gasteiger partial charge in [0.15, 0.2) is 0 Å². The molecular formula is C14H11BrN4O. The first-order valence-electron chi connectivity index (χ1n) is 6.06. The van der Waals surface area contributed by atoms with E-state index in [1.807, 2.05) is 48.5 Å². The molecule has 0 aliphatic carbocycles. The number of rotatable bonds is 3. The summed E-state index contributed by atoms with van der Waals surface area (Å²) in [5, 5.41) is 10.8. The number of nitrogens with one attached hydrogen (secondary N) is 1. The molecule has 0 atom stereocenters. The van der Waals surface area contributed by atoms with Gasteiger partial charge in [0.05, 0.1) is 5.52 Å². The van der Waals surface area contributed by atoms with E-state index in [0.717, 1.165) is 21.2 Å². The summed E-state index contributed by atoms with van der Waals surface area (Å²) < 4.78 is 2.56. The first-order chi connectivity index (χ1) is 9.72. The van der Waals surface area contributed by atoms with E-state index in [4.69, 9.17) is 0 Å². The second kappa shape index (κ2) is 5.42. The monoisotopic (exact) mass is 330 g/mol. The molecule has 1 aromatic heterocycles. The van der Waals surface area contributed by atoms with Crippen LogP contribution in [0, 0.1) is 0 Å². The summed E-state index contributed by atoms with van der Waals surface area (Å²) in [7, 11) is 0. The van der Waals surface area contributed by atoms with Crippen molar-refractivity contribution >= 4 is 38.6 Å². The van der Waals surface area contributed by atoms with Gasteiger partial charge >= 0.3 is 0 Å². The summed E-state index contributed by atoms with van der Waals surface area (Å²) in [6.07, 6.45) is 0. The Morgan fingerprint density at radius 1 is 1.15 bits per heavy atom. The van der Waals surface area contributed by atoms with Crippen LogP contribution in [0.2, 0.25) is 0 Å². The quantitative estimate of drug-likeness (QED) is 0.803. The van der Waals surface area contributed by atoms with Gasteiger partial charge in [0.1, 0.15) is 12.1 Å². The number of hydrogen-bond donors (Lipinski definition) is 1. The predicted octanol–water partition coefficient (Wildman–Crippen LogP) is 2.83. The molecule has 6 heteroatoms. The summed E-state index contributed by atoms with van der Waals surface area (Å²) in [5.41, 5.74) is 2.38. The third-order valence-electron chi connectivity index (χ3n) is 2.84. The lowest BCUT2D eigenvalue weighted by Gasteiger charge is -2.05. The third-order valence-corrected chi connectivity index (χ3v) is 3.37. The lowest BCUT2D eigenvalue weighted by Crippen LogP contribution is -2.19. The van der Waals surface area contributed by atoms with Gasteiger partial charge in [-0.2, -0.15) is 0 Å². The highest BCUT2D eigenvalue weighted by molar-refractivity contribution is 9.10. The molecule has 5 nitrogen and oxygen atoms in total. The molecule has 0 saturated heterocycles. The van der Waals surface area contributed by atoms with Gasteiger partial charge < -0.3 is 5.32 Å². The maximum atomic E-state index is 12.0. The Kier molecular flexibility index (Phi) is 3.47. The van der Waals surface area contributed by atoms with Gasteiger partial charge in [-0.3, -0.25) is 4.79 Å². The van der Waals surface area contributed by atoms with Crippen LogP contribution in [-0.2, 0) is 11.3 Å². The van der Waals surface area contributed by atoms with E-state index < -0.39 is 0 Å². The maximum Gasteiger partial charge on any atom is 0.246 e. The van der Waals surface area contributed by atoms with Gasteiger partial charge in [-0.1, -0.05) is 33.3 Å². The summed E-state index contributed by atoms with van der Waals surface area (Å²) in [4.78, 5) is 12.0. The summed E-state index contributed by atoms with van der Waals surface area (Å²) in [5.74, 6) is -0.136. The van der Waals surface area contributed by atoms with Crippen molar-refractivity contribution in [2.75, 3.05) is 5.32 Å².